The van der Waals surface area contributed by atoms with Crippen LogP contribution in [0.2, 0.25) is 0 Å². The fourth-order valence-corrected chi connectivity index (χ4v) is 3.87. The van der Waals surface area contributed by atoms with Crippen LogP contribution in [-0.2, 0) is 11.2 Å². The number of hydrogen-bond donors (Lipinski definition) is 2. The zero-order chi connectivity index (χ0) is 21.5. The molecule has 8 heteroatoms. The van der Waals surface area contributed by atoms with E-state index in [1.54, 1.807) is 6.20 Å². The van der Waals surface area contributed by atoms with Gasteiger partial charge in [0.2, 0.25) is 11.8 Å². The van der Waals surface area contributed by atoms with E-state index in [9.17, 15) is 4.79 Å². The molecule has 3 heterocycles. The Bertz CT molecular complexity index is 1390. The van der Waals surface area contributed by atoms with Gasteiger partial charge in [0.15, 0.2) is 0 Å². The molecule has 0 radical (unpaired) electrons. The third-order valence-corrected chi connectivity index (χ3v) is 5.74. The molecule has 6 rings (SSSR count). The topological polar surface area (TPSA) is 102 Å². The molecule has 2 aromatic carbocycles. The van der Waals surface area contributed by atoms with Crippen LogP contribution in [0.15, 0.2) is 71.8 Å². The van der Waals surface area contributed by atoms with E-state index >= 15 is 0 Å². The van der Waals surface area contributed by atoms with Crippen LogP contribution in [0.4, 0.5) is 5.88 Å². The Morgan fingerprint density at radius 3 is 2.78 bits per heavy atom. The number of nitrogens with one attached hydrogen (secondary N) is 2. The van der Waals surface area contributed by atoms with Crippen molar-refractivity contribution in [3.8, 4) is 16.8 Å². The van der Waals surface area contributed by atoms with Crippen LogP contribution in [0.25, 0.3) is 27.8 Å². The molecule has 0 aliphatic heterocycles. The number of imidazole rings is 1. The van der Waals surface area contributed by atoms with Gasteiger partial charge in [-0.1, -0.05) is 23.4 Å². The van der Waals surface area contributed by atoms with Gasteiger partial charge in [0.1, 0.15) is 6.33 Å². The van der Waals surface area contributed by atoms with Crippen LogP contribution in [0.1, 0.15) is 30.0 Å². The highest BCUT2D eigenvalue weighted by Crippen LogP contribution is 2.40. The highest BCUT2D eigenvalue weighted by Gasteiger charge is 2.27. The number of nitrogens with zero attached hydrogens (tertiary/aromatic N) is 4. The number of amides is 1. The van der Waals surface area contributed by atoms with Gasteiger partial charge in [0.05, 0.1) is 29.3 Å². The molecular weight excluding hydrogens is 404 g/mol. The van der Waals surface area contributed by atoms with E-state index in [0.717, 1.165) is 51.9 Å². The number of H-pyrrole nitrogens is 1. The SMILES string of the molecule is O=C(Cc1ccc(-n2cnc3cc(-c4cn[nH]c4)ccc32)cc1)Nc1cc(C2CC2)no1. The third-order valence-electron chi connectivity index (χ3n) is 5.74. The van der Waals surface area contributed by atoms with Crippen molar-refractivity contribution in [3.05, 3.63) is 78.5 Å². The van der Waals surface area contributed by atoms with Gasteiger partial charge < -0.3 is 4.52 Å². The first kappa shape index (κ1) is 18.6. The average Bonchev–Trinajstić information content (AvgIpc) is 3.19. The van der Waals surface area contributed by atoms with Gasteiger partial charge in [-0.15, -0.1) is 0 Å². The van der Waals surface area contributed by atoms with Gasteiger partial charge in [-0.25, -0.2) is 4.98 Å². The maximum Gasteiger partial charge on any atom is 0.231 e. The molecule has 0 atom stereocenters. The normalized spacial score (nSPS) is 13.5. The maximum atomic E-state index is 12.4. The zero-order valence-electron chi connectivity index (χ0n) is 17.2. The predicted molar refractivity (Wildman–Crippen MR) is 119 cm³/mol. The molecule has 32 heavy (non-hydrogen) atoms. The van der Waals surface area contributed by atoms with Crippen molar-refractivity contribution in [2.24, 2.45) is 0 Å². The maximum absolute atomic E-state index is 12.4. The van der Waals surface area contributed by atoms with E-state index in [2.05, 4.69) is 37.8 Å². The van der Waals surface area contributed by atoms with Crippen LogP contribution in [-0.4, -0.2) is 30.8 Å². The van der Waals surface area contributed by atoms with Gasteiger partial charge >= 0.3 is 0 Å². The smallest absolute Gasteiger partial charge is 0.231 e. The molecule has 1 fully saturated rings. The molecule has 1 aliphatic carbocycles. The lowest BCUT2D eigenvalue weighted by molar-refractivity contribution is -0.115. The highest BCUT2D eigenvalue weighted by atomic mass is 16.5. The summed E-state index contributed by atoms with van der Waals surface area (Å²) in [5, 5.41) is 13.6. The van der Waals surface area contributed by atoms with E-state index in [1.165, 1.54) is 0 Å². The minimum absolute atomic E-state index is 0.129. The number of carbonyl (C=O) groups is 1. The first-order valence-electron chi connectivity index (χ1n) is 10.5. The van der Waals surface area contributed by atoms with Crippen LogP contribution in [0.3, 0.4) is 0 Å². The second kappa shape index (κ2) is 7.49. The van der Waals surface area contributed by atoms with Crippen molar-refractivity contribution in [1.82, 2.24) is 24.9 Å². The van der Waals surface area contributed by atoms with Crippen molar-refractivity contribution >= 4 is 22.8 Å². The largest absolute Gasteiger partial charge is 0.338 e. The lowest BCUT2D eigenvalue weighted by Gasteiger charge is -2.07. The summed E-state index contributed by atoms with van der Waals surface area (Å²) >= 11 is 0. The fraction of sp³-hybridized carbons (Fsp3) is 0.167. The average molecular weight is 424 g/mol. The van der Waals surface area contributed by atoms with Crippen molar-refractivity contribution in [2.75, 3.05) is 5.32 Å². The summed E-state index contributed by atoms with van der Waals surface area (Å²) in [5.74, 6) is 0.776. The number of anilines is 1. The summed E-state index contributed by atoms with van der Waals surface area (Å²) in [6, 6.07) is 15.9. The number of rotatable bonds is 6. The van der Waals surface area contributed by atoms with Gasteiger partial charge in [-0.3, -0.25) is 19.8 Å². The Labute approximate surface area is 183 Å². The predicted octanol–water partition coefficient (Wildman–Crippen LogP) is 4.46. The molecule has 0 saturated heterocycles. The van der Waals surface area contributed by atoms with E-state index in [1.807, 2.05) is 53.5 Å². The zero-order valence-corrected chi connectivity index (χ0v) is 17.2. The molecule has 8 nitrogen and oxygen atoms in total. The molecule has 5 aromatic rings. The fourth-order valence-electron chi connectivity index (χ4n) is 3.87. The molecule has 0 unspecified atom stereocenters. The van der Waals surface area contributed by atoms with E-state index in [0.29, 0.717) is 11.8 Å². The Hall–Kier alpha value is -4.20. The molecule has 1 saturated carbocycles. The Balaban J connectivity index is 1.16. The Kier molecular flexibility index (Phi) is 4.34. The minimum Gasteiger partial charge on any atom is -0.338 e. The first-order valence-corrected chi connectivity index (χ1v) is 10.5. The van der Waals surface area contributed by atoms with Gasteiger partial charge in [-0.2, -0.15) is 5.10 Å². The van der Waals surface area contributed by atoms with Crippen molar-refractivity contribution < 1.29 is 9.32 Å². The quantitative estimate of drug-likeness (QED) is 0.419. The lowest BCUT2D eigenvalue weighted by Crippen LogP contribution is -2.13. The second-order valence-electron chi connectivity index (χ2n) is 8.09. The molecule has 0 spiro atoms. The van der Waals surface area contributed by atoms with E-state index in [4.69, 9.17) is 4.52 Å². The summed E-state index contributed by atoms with van der Waals surface area (Å²) < 4.78 is 7.25. The molecule has 3 aromatic heterocycles. The first-order chi connectivity index (χ1) is 15.7. The third kappa shape index (κ3) is 3.56. The van der Waals surface area contributed by atoms with E-state index in [-0.39, 0.29) is 12.3 Å². The standard InChI is InChI=1S/C24H20N6O2/c31-23(28-24-11-20(29-32-24)16-3-4-16)9-15-1-6-19(7-2-15)30-14-25-21-10-17(5-8-22(21)30)18-12-26-27-13-18/h1-2,5-8,10-14,16H,3-4,9H2,(H,26,27)(H,28,31). The summed E-state index contributed by atoms with van der Waals surface area (Å²) in [6.07, 6.45) is 8.02. The number of benzene rings is 2. The molecule has 2 N–H and O–H groups in total. The summed E-state index contributed by atoms with van der Waals surface area (Å²) in [5.41, 5.74) is 6.84. The van der Waals surface area contributed by atoms with Crippen molar-refractivity contribution in [2.45, 2.75) is 25.2 Å². The number of fused-ring (bicyclic) bond motifs is 1. The molecule has 0 bridgehead atoms. The monoisotopic (exact) mass is 424 g/mol. The number of aromatic nitrogens is 5. The van der Waals surface area contributed by atoms with Gasteiger partial charge in [0.25, 0.3) is 0 Å². The van der Waals surface area contributed by atoms with Crippen LogP contribution >= 0.6 is 0 Å². The number of carbonyl (C=O) groups excluding carboxylic acids is 1. The van der Waals surface area contributed by atoms with Gasteiger partial charge in [0, 0.05) is 29.4 Å². The van der Waals surface area contributed by atoms with Crippen LogP contribution in [0.5, 0.6) is 0 Å². The van der Waals surface area contributed by atoms with Crippen LogP contribution in [0, 0.1) is 0 Å². The van der Waals surface area contributed by atoms with Gasteiger partial charge in [-0.05, 0) is 48.2 Å². The van der Waals surface area contributed by atoms with Crippen LogP contribution < -0.4 is 5.32 Å². The lowest BCUT2D eigenvalue weighted by atomic mass is 10.1. The molecule has 1 aliphatic rings. The Morgan fingerprint density at radius 2 is 2.00 bits per heavy atom. The van der Waals surface area contributed by atoms with Crippen molar-refractivity contribution in [3.63, 3.8) is 0 Å². The molecule has 158 valence electrons. The minimum atomic E-state index is -0.129. The summed E-state index contributed by atoms with van der Waals surface area (Å²) in [7, 11) is 0. The second-order valence-corrected chi connectivity index (χ2v) is 8.09. The summed E-state index contributed by atoms with van der Waals surface area (Å²) in [4.78, 5) is 16.9. The van der Waals surface area contributed by atoms with E-state index < -0.39 is 0 Å². The highest BCUT2D eigenvalue weighted by molar-refractivity contribution is 5.91. The molecule has 1 amide bonds. The number of hydrogen-bond acceptors (Lipinski definition) is 5. The number of aromatic amines is 1. The molecular formula is C24H20N6O2. The van der Waals surface area contributed by atoms with Crippen molar-refractivity contribution in [1.29, 1.82) is 0 Å². The summed E-state index contributed by atoms with van der Waals surface area (Å²) in [6.45, 7) is 0. The Morgan fingerprint density at radius 1 is 1.12 bits per heavy atom.